The van der Waals surface area contributed by atoms with Gasteiger partial charge >= 0.3 is 11.6 Å². The van der Waals surface area contributed by atoms with Crippen molar-refractivity contribution >= 4 is 11.6 Å². The lowest BCUT2D eigenvalue weighted by Gasteiger charge is -1.47. The minimum absolute atomic E-state index is 0.750. The minimum Gasteiger partial charge on any atom is -0.168 e. The molecule has 0 radical (unpaired) electrons. The van der Waals surface area contributed by atoms with Crippen LogP contribution in [0.25, 0.3) is 0 Å². The van der Waals surface area contributed by atoms with E-state index >= 15 is 0 Å². The number of hydrogen-bond donors (Lipinski definition) is 0. The van der Waals surface area contributed by atoms with Crippen molar-refractivity contribution in [3.05, 3.63) is 11.6 Å². The average Bonchev–Trinajstić information content (AvgIpc) is 2.25. The van der Waals surface area contributed by atoms with Gasteiger partial charge in [0.25, 0.3) is 0 Å². The Balaban J connectivity index is 0.000000110. The summed E-state index contributed by atoms with van der Waals surface area (Å²) in [5.74, 6) is 0. The molecule has 0 unspecified atom stereocenters. The van der Waals surface area contributed by atoms with Gasteiger partial charge in [-0.15, -0.1) is 0 Å². The summed E-state index contributed by atoms with van der Waals surface area (Å²) in [5, 5.41) is 0. The van der Waals surface area contributed by atoms with Crippen LogP contribution in [0, 0.1) is 0 Å². The van der Waals surface area contributed by atoms with Gasteiger partial charge in [0.05, 0.1) is 0 Å². The van der Waals surface area contributed by atoms with Gasteiger partial charge in [-0.1, -0.05) is 11.6 Å². The fourth-order valence-electron chi connectivity index (χ4n) is 0.102. The van der Waals surface area contributed by atoms with Crippen molar-refractivity contribution in [2.24, 2.45) is 0 Å². The Bertz CT molecular complexity index is 111. The average molecular weight is 118 g/mol. The molecule has 7 heavy (non-hydrogen) atoms. The van der Waals surface area contributed by atoms with Crippen LogP contribution in [0.2, 0.25) is 0 Å². The van der Waals surface area contributed by atoms with E-state index in [0.29, 0.717) is 0 Å². The summed E-state index contributed by atoms with van der Waals surface area (Å²) in [6.07, 6.45) is 3.49. The molecule has 0 fully saturated rings. The van der Waals surface area contributed by atoms with Crippen LogP contribution in [0.15, 0.2) is 11.6 Å². The molecule has 0 heterocycles. The molecule has 0 atom stereocenters. The molecule has 0 N–H and O–H groups in total. The summed E-state index contributed by atoms with van der Waals surface area (Å²) >= 11 is -0.750. The van der Waals surface area contributed by atoms with Crippen molar-refractivity contribution in [1.82, 2.24) is 0 Å². The van der Waals surface area contributed by atoms with Gasteiger partial charge in [0, 0.05) is 0 Å². The highest BCUT2D eigenvalue weighted by Crippen LogP contribution is 2.14. The van der Waals surface area contributed by atoms with E-state index in [1.165, 1.54) is 6.42 Å². The Labute approximate surface area is 45.8 Å². The molecule has 0 aromatic rings. The highest BCUT2D eigenvalue weighted by Gasteiger charge is 1.94. The van der Waals surface area contributed by atoms with Crippen LogP contribution < -0.4 is 0 Å². The van der Waals surface area contributed by atoms with Crippen LogP contribution in [0.3, 0.4) is 0 Å². The largest absolute Gasteiger partial charge is 0.335 e. The molecule has 0 amide bonds. The lowest BCUT2D eigenvalue weighted by molar-refractivity contribution is 0.630. The first-order valence-corrected chi connectivity index (χ1v) is 2.55. The second kappa shape index (κ2) is 3.74. The van der Waals surface area contributed by atoms with Gasteiger partial charge in [0.2, 0.25) is 0 Å². The van der Waals surface area contributed by atoms with Crippen molar-refractivity contribution in [3.8, 4) is 0 Å². The fraction of sp³-hybridized carbons (Fsp3) is 0.500. The Morgan fingerprint density at radius 3 is 1.86 bits per heavy atom. The van der Waals surface area contributed by atoms with E-state index < -0.39 is 11.6 Å². The van der Waals surface area contributed by atoms with Gasteiger partial charge in [-0.3, -0.25) is 0 Å². The maximum atomic E-state index is 8.29. The maximum absolute atomic E-state index is 8.29. The van der Waals surface area contributed by atoms with Crippen LogP contribution in [0.5, 0.6) is 0 Å². The first kappa shape index (κ1) is 6.56. The summed E-state index contributed by atoms with van der Waals surface area (Å²) in [7, 11) is 0. The lowest BCUT2D eigenvalue weighted by Crippen LogP contribution is -1.26. The molecule has 3 heteroatoms. The molecule has 0 saturated carbocycles. The molecule has 1 aliphatic carbocycles. The summed E-state index contributed by atoms with van der Waals surface area (Å²) < 4.78 is 16.6. The van der Waals surface area contributed by atoms with Gasteiger partial charge in [0.15, 0.2) is 0 Å². The third-order valence-electron chi connectivity index (χ3n) is 0.612. The monoisotopic (exact) mass is 118 g/mol. The van der Waals surface area contributed by atoms with E-state index in [4.69, 9.17) is 8.42 Å². The second-order valence-corrected chi connectivity index (χ2v) is 1.46. The smallest absolute Gasteiger partial charge is 0.168 e. The Hall–Kier alpha value is -0.440. The highest BCUT2D eigenvalue weighted by atomic mass is 32.1. The van der Waals surface area contributed by atoms with Crippen LogP contribution in [-0.2, 0) is 11.6 Å². The van der Waals surface area contributed by atoms with E-state index in [9.17, 15) is 0 Å². The maximum Gasteiger partial charge on any atom is 0.335 e. The zero-order valence-electron chi connectivity index (χ0n) is 4.01. The molecule has 0 aromatic heterocycles. The predicted octanol–water partition coefficient (Wildman–Crippen LogP) is 0.666. The minimum atomic E-state index is -0.750. The highest BCUT2D eigenvalue weighted by molar-refractivity contribution is 7.51. The normalized spacial score (nSPS) is 13.0. The molecule has 0 aliphatic heterocycles. The third kappa shape index (κ3) is 10.8. The van der Waals surface area contributed by atoms with Crippen molar-refractivity contribution in [2.45, 2.75) is 13.3 Å². The Kier molecular flexibility index (Phi) is 3.50. The van der Waals surface area contributed by atoms with Crippen molar-refractivity contribution < 1.29 is 8.42 Å². The van der Waals surface area contributed by atoms with E-state index in [1.54, 1.807) is 5.57 Å². The van der Waals surface area contributed by atoms with Gasteiger partial charge in [-0.05, 0) is 13.3 Å². The molecule has 0 saturated heterocycles. The zero-order valence-corrected chi connectivity index (χ0v) is 4.83. The number of allylic oxidation sites excluding steroid dienone is 2. The summed E-state index contributed by atoms with van der Waals surface area (Å²) in [6, 6.07) is 0. The van der Waals surface area contributed by atoms with Gasteiger partial charge in [0.1, 0.15) is 0 Å². The first-order valence-electron chi connectivity index (χ1n) is 1.88. The molecule has 40 valence electrons. The summed E-state index contributed by atoms with van der Waals surface area (Å²) in [6.45, 7) is 2.14. The standard InChI is InChI=1S/C4H6.O2S/c1-4-2-3-4;1-3-2/h2H,3H2,1H3;. The molecule has 2 nitrogen and oxygen atoms in total. The van der Waals surface area contributed by atoms with Crippen molar-refractivity contribution in [1.29, 1.82) is 0 Å². The van der Waals surface area contributed by atoms with E-state index in [2.05, 4.69) is 13.0 Å². The molecule has 1 aliphatic rings. The summed E-state index contributed by atoms with van der Waals surface area (Å²) in [4.78, 5) is 0. The van der Waals surface area contributed by atoms with Gasteiger partial charge in [-0.2, -0.15) is 8.42 Å². The van der Waals surface area contributed by atoms with E-state index in [0.717, 1.165) is 0 Å². The topological polar surface area (TPSA) is 34.1 Å². The van der Waals surface area contributed by atoms with Crippen LogP contribution in [0.1, 0.15) is 13.3 Å². The molecule has 1 rings (SSSR count). The fourth-order valence-corrected chi connectivity index (χ4v) is 0.102. The second-order valence-electron chi connectivity index (χ2n) is 1.32. The molecular weight excluding hydrogens is 112 g/mol. The van der Waals surface area contributed by atoms with Gasteiger partial charge in [-0.25, -0.2) is 0 Å². The Morgan fingerprint density at radius 1 is 1.71 bits per heavy atom. The van der Waals surface area contributed by atoms with E-state index in [-0.39, 0.29) is 0 Å². The zero-order chi connectivity index (χ0) is 5.70. The molecule has 0 bridgehead atoms. The molecule has 0 spiro atoms. The number of hydrogen-bond acceptors (Lipinski definition) is 2. The number of rotatable bonds is 0. The van der Waals surface area contributed by atoms with Crippen LogP contribution >= 0.6 is 0 Å². The predicted molar refractivity (Wildman–Crippen MR) is 27.3 cm³/mol. The third-order valence-corrected chi connectivity index (χ3v) is 0.612. The van der Waals surface area contributed by atoms with Crippen molar-refractivity contribution in [3.63, 3.8) is 0 Å². The van der Waals surface area contributed by atoms with Crippen LogP contribution in [-0.4, -0.2) is 8.42 Å². The molecule has 0 aromatic carbocycles. The first-order chi connectivity index (χ1) is 3.31. The Morgan fingerprint density at radius 2 is 1.86 bits per heavy atom. The van der Waals surface area contributed by atoms with Gasteiger partial charge < -0.3 is 0 Å². The van der Waals surface area contributed by atoms with Crippen molar-refractivity contribution in [2.75, 3.05) is 0 Å². The van der Waals surface area contributed by atoms with Crippen LogP contribution in [0.4, 0.5) is 0 Å². The SMILES string of the molecule is CC1=CC1.O=S=O. The summed E-state index contributed by atoms with van der Waals surface area (Å²) in [5.41, 5.74) is 1.54. The van der Waals surface area contributed by atoms with E-state index in [1.807, 2.05) is 0 Å². The lowest BCUT2D eigenvalue weighted by atomic mass is 10.6. The quantitative estimate of drug-likeness (QED) is 0.438. The molecular formula is C4H6O2S.